The smallest absolute Gasteiger partial charge is 0.339 e. The van der Waals surface area contributed by atoms with Gasteiger partial charge >= 0.3 is 5.97 Å². The topological polar surface area (TPSA) is 88.2 Å². The molecule has 0 fully saturated rings. The Bertz CT molecular complexity index is 627. The van der Waals surface area contributed by atoms with E-state index in [4.69, 9.17) is 34.0 Å². The fourth-order valence-corrected chi connectivity index (χ4v) is 2.03. The quantitative estimate of drug-likeness (QED) is 0.808. The molecule has 4 N–H and O–H groups in total. The fourth-order valence-electron chi connectivity index (χ4n) is 1.51. The molecular weight excluding hydrogens is 289 g/mol. The van der Waals surface area contributed by atoms with E-state index >= 15 is 0 Å². The molecular formula is C12H9Cl2N3O2. The zero-order valence-corrected chi connectivity index (χ0v) is 11.0. The number of anilines is 3. The van der Waals surface area contributed by atoms with Crippen LogP contribution in [0.25, 0.3) is 0 Å². The van der Waals surface area contributed by atoms with Crippen molar-refractivity contribution in [3.8, 4) is 0 Å². The number of carboxylic acids is 1. The number of benzene rings is 1. The number of hydrogen-bond acceptors (Lipinski definition) is 4. The summed E-state index contributed by atoms with van der Waals surface area (Å²) in [7, 11) is 0. The fraction of sp³-hybridized carbons (Fsp3) is 0. The summed E-state index contributed by atoms with van der Waals surface area (Å²) in [5.41, 5.74) is 6.29. The predicted molar refractivity (Wildman–Crippen MR) is 75.4 cm³/mol. The standard InChI is InChI=1S/C12H9Cl2N3O2/c13-6-1-7(14)3-9(2-6)17-11-10(12(18)19)4-8(15)5-16-11/h1-5H,15H2,(H,16,17)(H,18,19). The zero-order valence-electron chi connectivity index (χ0n) is 9.52. The number of pyridine rings is 1. The minimum absolute atomic E-state index is 0.0314. The summed E-state index contributed by atoms with van der Waals surface area (Å²) in [6, 6.07) is 6.11. The molecule has 0 saturated carbocycles. The third-order valence-electron chi connectivity index (χ3n) is 2.26. The number of halogens is 2. The van der Waals surface area contributed by atoms with Crippen LogP contribution in [0.1, 0.15) is 10.4 Å². The number of nitrogens with two attached hydrogens (primary N) is 1. The van der Waals surface area contributed by atoms with Crippen LogP contribution in [0.4, 0.5) is 17.2 Å². The summed E-state index contributed by atoms with van der Waals surface area (Å²) >= 11 is 11.7. The first kappa shape index (κ1) is 13.5. The average molecular weight is 298 g/mol. The van der Waals surface area contributed by atoms with Crippen LogP contribution in [-0.4, -0.2) is 16.1 Å². The molecule has 2 aromatic rings. The van der Waals surface area contributed by atoms with Gasteiger partial charge in [-0.15, -0.1) is 0 Å². The first-order chi connectivity index (χ1) is 8.95. The molecule has 0 spiro atoms. The minimum atomic E-state index is -1.13. The molecule has 0 bridgehead atoms. The molecule has 5 nitrogen and oxygen atoms in total. The molecule has 0 saturated heterocycles. The molecule has 0 aliphatic rings. The van der Waals surface area contributed by atoms with Crippen molar-refractivity contribution in [1.82, 2.24) is 4.98 Å². The molecule has 19 heavy (non-hydrogen) atoms. The second kappa shape index (κ2) is 5.34. The summed E-state index contributed by atoms with van der Waals surface area (Å²) in [6.45, 7) is 0. The van der Waals surface area contributed by atoms with Crippen molar-refractivity contribution in [2.75, 3.05) is 11.1 Å². The van der Waals surface area contributed by atoms with E-state index in [0.29, 0.717) is 15.7 Å². The first-order valence-corrected chi connectivity index (χ1v) is 5.93. The molecule has 0 amide bonds. The Morgan fingerprint density at radius 2 is 1.84 bits per heavy atom. The number of hydrogen-bond donors (Lipinski definition) is 3. The van der Waals surface area contributed by atoms with Gasteiger partial charge in [0.1, 0.15) is 11.4 Å². The van der Waals surface area contributed by atoms with E-state index in [1.54, 1.807) is 18.2 Å². The van der Waals surface area contributed by atoms with Crippen LogP contribution < -0.4 is 11.1 Å². The monoisotopic (exact) mass is 297 g/mol. The number of carbonyl (C=O) groups is 1. The normalized spacial score (nSPS) is 10.2. The SMILES string of the molecule is Nc1cnc(Nc2cc(Cl)cc(Cl)c2)c(C(=O)O)c1. The van der Waals surface area contributed by atoms with Gasteiger partial charge in [0.05, 0.1) is 11.9 Å². The van der Waals surface area contributed by atoms with Gasteiger partial charge in [0.15, 0.2) is 0 Å². The second-order valence-corrected chi connectivity index (χ2v) is 4.63. The molecule has 1 aromatic carbocycles. The van der Waals surface area contributed by atoms with Crippen molar-refractivity contribution in [3.63, 3.8) is 0 Å². The van der Waals surface area contributed by atoms with Crippen molar-refractivity contribution in [1.29, 1.82) is 0 Å². The maximum atomic E-state index is 11.1. The Balaban J connectivity index is 2.40. The number of nitrogens with zero attached hydrogens (tertiary/aromatic N) is 1. The third-order valence-corrected chi connectivity index (χ3v) is 2.70. The van der Waals surface area contributed by atoms with Crippen LogP contribution in [0.3, 0.4) is 0 Å². The van der Waals surface area contributed by atoms with Gasteiger partial charge in [-0.25, -0.2) is 9.78 Å². The van der Waals surface area contributed by atoms with Gasteiger partial charge in [-0.2, -0.15) is 0 Å². The number of rotatable bonds is 3. The summed E-state index contributed by atoms with van der Waals surface area (Å²) in [5, 5.41) is 12.8. The lowest BCUT2D eigenvalue weighted by Gasteiger charge is -2.09. The lowest BCUT2D eigenvalue weighted by Crippen LogP contribution is -2.06. The number of aromatic carboxylic acids is 1. The maximum absolute atomic E-state index is 11.1. The summed E-state index contributed by atoms with van der Waals surface area (Å²) in [5.74, 6) is -0.963. The minimum Gasteiger partial charge on any atom is -0.478 e. The molecule has 0 radical (unpaired) electrons. The highest BCUT2D eigenvalue weighted by Gasteiger charge is 2.12. The zero-order chi connectivity index (χ0) is 14.0. The Hall–Kier alpha value is -1.98. The average Bonchev–Trinajstić information content (AvgIpc) is 2.30. The van der Waals surface area contributed by atoms with E-state index in [-0.39, 0.29) is 17.1 Å². The summed E-state index contributed by atoms with van der Waals surface area (Å²) in [4.78, 5) is 15.1. The van der Waals surface area contributed by atoms with E-state index in [1.165, 1.54) is 12.3 Å². The first-order valence-electron chi connectivity index (χ1n) is 5.17. The van der Waals surface area contributed by atoms with E-state index in [2.05, 4.69) is 10.3 Å². The number of nitrogens with one attached hydrogen (secondary N) is 1. The van der Waals surface area contributed by atoms with E-state index in [0.717, 1.165) is 0 Å². The lowest BCUT2D eigenvalue weighted by atomic mass is 10.2. The largest absolute Gasteiger partial charge is 0.478 e. The van der Waals surface area contributed by atoms with Gasteiger partial charge in [0, 0.05) is 15.7 Å². The highest BCUT2D eigenvalue weighted by molar-refractivity contribution is 6.35. The van der Waals surface area contributed by atoms with Crippen molar-refractivity contribution in [2.45, 2.75) is 0 Å². The number of aromatic nitrogens is 1. The molecule has 0 aliphatic carbocycles. The van der Waals surface area contributed by atoms with Crippen LogP contribution in [-0.2, 0) is 0 Å². The van der Waals surface area contributed by atoms with E-state index in [9.17, 15) is 4.79 Å². The van der Waals surface area contributed by atoms with Gasteiger partial charge in [0.25, 0.3) is 0 Å². The number of nitrogen functional groups attached to an aromatic ring is 1. The highest BCUT2D eigenvalue weighted by atomic mass is 35.5. The van der Waals surface area contributed by atoms with E-state index < -0.39 is 5.97 Å². The van der Waals surface area contributed by atoms with Crippen LogP contribution in [0, 0.1) is 0 Å². The maximum Gasteiger partial charge on any atom is 0.339 e. The second-order valence-electron chi connectivity index (χ2n) is 3.75. The molecule has 0 aliphatic heterocycles. The lowest BCUT2D eigenvalue weighted by molar-refractivity contribution is 0.0697. The Morgan fingerprint density at radius 1 is 1.21 bits per heavy atom. The predicted octanol–water partition coefficient (Wildman–Crippen LogP) is 3.41. The van der Waals surface area contributed by atoms with Gasteiger partial charge < -0.3 is 16.2 Å². The molecule has 0 unspecified atom stereocenters. The van der Waals surface area contributed by atoms with Crippen LogP contribution in [0.15, 0.2) is 30.5 Å². The Kier molecular flexibility index (Phi) is 3.78. The van der Waals surface area contributed by atoms with Crippen molar-refractivity contribution >= 4 is 46.4 Å². The van der Waals surface area contributed by atoms with Crippen LogP contribution in [0.5, 0.6) is 0 Å². The van der Waals surface area contributed by atoms with Crippen molar-refractivity contribution in [2.24, 2.45) is 0 Å². The van der Waals surface area contributed by atoms with Gasteiger partial charge in [0.2, 0.25) is 0 Å². The van der Waals surface area contributed by atoms with Gasteiger partial charge in [-0.05, 0) is 24.3 Å². The molecule has 7 heteroatoms. The van der Waals surface area contributed by atoms with Crippen molar-refractivity contribution < 1.29 is 9.90 Å². The third kappa shape index (κ3) is 3.27. The van der Waals surface area contributed by atoms with Crippen molar-refractivity contribution in [3.05, 3.63) is 46.1 Å². The Morgan fingerprint density at radius 3 is 2.42 bits per heavy atom. The molecule has 0 atom stereocenters. The summed E-state index contributed by atoms with van der Waals surface area (Å²) < 4.78 is 0. The molecule has 2 rings (SSSR count). The molecule has 1 heterocycles. The summed E-state index contributed by atoms with van der Waals surface area (Å²) in [6.07, 6.45) is 1.36. The molecule has 98 valence electrons. The van der Waals surface area contributed by atoms with Crippen LogP contribution >= 0.6 is 23.2 Å². The number of carboxylic acid groups (broad SMARTS) is 1. The van der Waals surface area contributed by atoms with E-state index in [1.807, 2.05) is 0 Å². The highest BCUT2D eigenvalue weighted by Crippen LogP contribution is 2.26. The molecule has 1 aromatic heterocycles. The Labute approximate surface area is 119 Å². The van der Waals surface area contributed by atoms with Crippen LogP contribution in [0.2, 0.25) is 10.0 Å². The van der Waals surface area contributed by atoms with Gasteiger partial charge in [-0.3, -0.25) is 0 Å². The van der Waals surface area contributed by atoms with Gasteiger partial charge in [-0.1, -0.05) is 23.2 Å².